The maximum Gasteiger partial charge on any atom is 0.169 e. The smallest absolute Gasteiger partial charge is 0.169 e. The highest BCUT2D eigenvalue weighted by Crippen LogP contribution is 2.27. The molecule has 0 aliphatic carbocycles. The van der Waals surface area contributed by atoms with Gasteiger partial charge in [0.15, 0.2) is 6.29 Å². The van der Waals surface area contributed by atoms with Crippen molar-refractivity contribution in [2.24, 2.45) is 0 Å². The van der Waals surface area contributed by atoms with Crippen molar-refractivity contribution in [3.63, 3.8) is 0 Å². The molecule has 2 atom stereocenters. The molecule has 106 valence electrons. The molecule has 0 aromatic rings. The molecule has 0 aromatic heterocycles. The second kappa shape index (κ2) is 7.43. The zero-order valence-corrected chi connectivity index (χ0v) is 11.9. The lowest BCUT2D eigenvalue weighted by Gasteiger charge is -2.33. The Hall–Kier alpha value is -0.160. The van der Waals surface area contributed by atoms with Crippen molar-refractivity contribution in [2.45, 2.75) is 57.9 Å². The van der Waals surface area contributed by atoms with E-state index in [0.717, 1.165) is 12.6 Å². The number of rotatable bonds is 7. The van der Waals surface area contributed by atoms with Crippen LogP contribution in [0.1, 0.15) is 39.5 Å². The molecule has 2 rings (SSSR count). The highest BCUT2D eigenvalue weighted by atomic mass is 16.7. The summed E-state index contributed by atoms with van der Waals surface area (Å²) in [5, 5.41) is 3.66. The first kappa shape index (κ1) is 14.3. The highest BCUT2D eigenvalue weighted by molar-refractivity contribution is 4.93. The van der Waals surface area contributed by atoms with Crippen LogP contribution >= 0.6 is 0 Å². The van der Waals surface area contributed by atoms with E-state index in [4.69, 9.17) is 9.47 Å². The summed E-state index contributed by atoms with van der Waals surface area (Å²) in [6.45, 7) is 8.84. The van der Waals surface area contributed by atoms with E-state index in [1.165, 1.54) is 38.8 Å². The van der Waals surface area contributed by atoms with E-state index >= 15 is 0 Å². The molecule has 0 amide bonds. The van der Waals surface area contributed by atoms with Gasteiger partial charge in [0.25, 0.3) is 0 Å². The van der Waals surface area contributed by atoms with Crippen LogP contribution in [0, 0.1) is 0 Å². The number of piperidine rings is 1. The van der Waals surface area contributed by atoms with Gasteiger partial charge in [-0.15, -0.1) is 0 Å². The van der Waals surface area contributed by atoms with Crippen LogP contribution in [-0.4, -0.2) is 56.1 Å². The first-order chi connectivity index (χ1) is 8.85. The molecule has 2 fully saturated rings. The fourth-order valence-corrected chi connectivity index (χ4v) is 3.27. The standard InChI is InChI=1S/C14H28N2O2/c1-3-17-14(18-4-2)11-15-12-8-10-16-9-6-5-7-13(12)16/h12-15H,3-11H2,1-2H3. The Bertz CT molecular complexity index is 232. The van der Waals surface area contributed by atoms with Gasteiger partial charge in [0.1, 0.15) is 0 Å². The van der Waals surface area contributed by atoms with Gasteiger partial charge in [0.2, 0.25) is 0 Å². The zero-order valence-electron chi connectivity index (χ0n) is 11.9. The third-order valence-corrected chi connectivity index (χ3v) is 4.11. The Balaban J connectivity index is 1.75. The second-order valence-electron chi connectivity index (χ2n) is 5.24. The Morgan fingerprint density at radius 3 is 2.61 bits per heavy atom. The molecule has 2 unspecified atom stereocenters. The van der Waals surface area contributed by atoms with E-state index in [2.05, 4.69) is 10.2 Å². The quantitative estimate of drug-likeness (QED) is 0.702. The van der Waals surface area contributed by atoms with Crippen LogP contribution in [0.5, 0.6) is 0 Å². The van der Waals surface area contributed by atoms with E-state index in [0.29, 0.717) is 19.3 Å². The van der Waals surface area contributed by atoms with Crippen molar-refractivity contribution in [3.05, 3.63) is 0 Å². The molecule has 0 saturated carbocycles. The average Bonchev–Trinajstić information content (AvgIpc) is 2.80. The first-order valence-electron chi connectivity index (χ1n) is 7.55. The first-order valence-corrected chi connectivity index (χ1v) is 7.55. The lowest BCUT2D eigenvalue weighted by molar-refractivity contribution is -0.134. The third kappa shape index (κ3) is 3.67. The number of hydrogen-bond donors (Lipinski definition) is 1. The molecule has 2 heterocycles. The number of nitrogens with one attached hydrogen (secondary N) is 1. The Morgan fingerprint density at radius 1 is 1.11 bits per heavy atom. The largest absolute Gasteiger partial charge is 0.352 e. The number of ether oxygens (including phenoxy) is 2. The van der Waals surface area contributed by atoms with Crippen molar-refractivity contribution in [2.75, 3.05) is 32.8 Å². The van der Waals surface area contributed by atoms with Crippen molar-refractivity contribution >= 4 is 0 Å². The van der Waals surface area contributed by atoms with Crippen LogP contribution in [-0.2, 0) is 9.47 Å². The molecule has 1 N–H and O–H groups in total. The van der Waals surface area contributed by atoms with Crippen LogP contribution in [0.3, 0.4) is 0 Å². The third-order valence-electron chi connectivity index (χ3n) is 4.11. The molecule has 2 aliphatic heterocycles. The molecular formula is C14H28N2O2. The predicted octanol–water partition coefficient (Wildman–Crippen LogP) is 1.60. The van der Waals surface area contributed by atoms with Gasteiger partial charge in [-0.2, -0.15) is 0 Å². The summed E-state index contributed by atoms with van der Waals surface area (Å²) in [5.74, 6) is 0. The zero-order chi connectivity index (χ0) is 12.8. The van der Waals surface area contributed by atoms with Gasteiger partial charge >= 0.3 is 0 Å². The minimum atomic E-state index is -0.0855. The van der Waals surface area contributed by atoms with Crippen molar-refractivity contribution in [1.82, 2.24) is 10.2 Å². The van der Waals surface area contributed by atoms with Gasteiger partial charge in [0, 0.05) is 38.4 Å². The maximum absolute atomic E-state index is 5.58. The van der Waals surface area contributed by atoms with Crippen LogP contribution in [0.4, 0.5) is 0 Å². The summed E-state index contributed by atoms with van der Waals surface area (Å²) in [7, 11) is 0. The van der Waals surface area contributed by atoms with Gasteiger partial charge in [-0.1, -0.05) is 6.42 Å². The van der Waals surface area contributed by atoms with Crippen LogP contribution in [0.25, 0.3) is 0 Å². The van der Waals surface area contributed by atoms with E-state index in [1.54, 1.807) is 0 Å². The number of fused-ring (bicyclic) bond motifs is 1. The van der Waals surface area contributed by atoms with Crippen LogP contribution in [0.15, 0.2) is 0 Å². The van der Waals surface area contributed by atoms with Crippen LogP contribution in [0.2, 0.25) is 0 Å². The van der Waals surface area contributed by atoms with Gasteiger partial charge in [-0.25, -0.2) is 0 Å². The molecule has 2 saturated heterocycles. The summed E-state index contributed by atoms with van der Waals surface area (Å²) in [6, 6.07) is 1.39. The van der Waals surface area contributed by atoms with Gasteiger partial charge < -0.3 is 14.8 Å². The second-order valence-corrected chi connectivity index (χ2v) is 5.24. The lowest BCUT2D eigenvalue weighted by atomic mass is 9.99. The van der Waals surface area contributed by atoms with Gasteiger partial charge in [-0.3, -0.25) is 4.90 Å². The van der Waals surface area contributed by atoms with E-state index in [-0.39, 0.29) is 6.29 Å². The monoisotopic (exact) mass is 256 g/mol. The van der Waals surface area contributed by atoms with Crippen molar-refractivity contribution in [1.29, 1.82) is 0 Å². The molecule has 0 aromatic carbocycles. The molecule has 4 nitrogen and oxygen atoms in total. The van der Waals surface area contributed by atoms with Crippen LogP contribution < -0.4 is 5.32 Å². The van der Waals surface area contributed by atoms with E-state index in [9.17, 15) is 0 Å². The maximum atomic E-state index is 5.58. The Kier molecular flexibility index (Phi) is 5.89. The minimum Gasteiger partial charge on any atom is -0.352 e. The van der Waals surface area contributed by atoms with Gasteiger partial charge in [0.05, 0.1) is 0 Å². The van der Waals surface area contributed by atoms with E-state index in [1.807, 2.05) is 13.8 Å². The summed E-state index contributed by atoms with van der Waals surface area (Å²) in [6.07, 6.45) is 5.31. The molecule has 2 aliphatic rings. The molecular weight excluding hydrogens is 228 g/mol. The molecule has 4 heteroatoms. The molecule has 0 spiro atoms. The molecule has 0 radical (unpaired) electrons. The molecule has 0 bridgehead atoms. The van der Waals surface area contributed by atoms with Crippen molar-refractivity contribution in [3.8, 4) is 0 Å². The number of nitrogens with zero attached hydrogens (tertiary/aromatic N) is 1. The Labute approximate surface area is 111 Å². The topological polar surface area (TPSA) is 33.7 Å². The molecule has 18 heavy (non-hydrogen) atoms. The van der Waals surface area contributed by atoms with E-state index < -0.39 is 0 Å². The highest BCUT2D eigenvalue weighted by Gasteiger charge is 2.35. The van der Waals surface area contributed by atoms with Gasteiger partial charge in [-0.05, 0) is 39.7 Å². The summed E-state index contributed by atoms with van der Waals surface area (Å²) in [5.41, 5.74) is 0. The SMILES string of the molecule is CCOC(CNC1CCN2CCCCC12)OCC. The fraction of sp³-hybridized carbons (Fsp3) is 1.00. The minimum absolute atomic E-state index is 0.0855. The normalized spacial score (nSPS) is 28.8. The predicted molar refractivity (Wildman–Crippen MR) is 72.7 cm³/mol. The Morgan fingerprint density at radius 2 is 1.89 bits per heavy atom. The fourth-order valence-electron chi connectivity index (χ4n) is 3.27. The summed E-state index contributed by atoms with van der Waals surface area (Å²) < 4.78 is 11.2. The summed E-state index contributed by atoms with van der Waals surface area (Å²) in [4.78, 5) is 2.65. The summed E-state index contributed by atoms with van der Waals surface area (Å²) >= 11 is 0. The average molecular weight is 256 g/mol. The lowest BCUT2D eigenvalue weighted by Crippen LogP contribution is -2.47. The van der Waals surface area contributed by atoms with Crippen molar-refractivity contribution < 1.29 is 9.47 Å². The number of hydrogen-bond acceptors (Lipinski definition) is 4.